The molecule has 4 heteroatoms. The van der Waals surface area contributed by atoms with Crippen molar-refractivity contribution in [1.29, 1.82) is 0 Å². The van der Waals surface area contributed by atoms with Gasteiger partial charge in [-0.15, -0.1) is 0 Å². The SMILES string of the molecule is NCc1ncc(N)[nH]1. The third kappa shape index (κ3) is 0.788. The van der Waals surface area contributed by atoms with Gasteiger partial charge in [-0.05, 0) is 0 Å². The summed E-state index contributed by atoms with van der Waals surface area (Å²) < 4.78 is 0. The summed E-state index contributed by atoms with van der Waals surface area (Å²) >= 11 is 0. The Kier molecular flexibility index (Phi) is 1.17. The summed E-state index contributed by atoms with van der Waals surface area (Å²) in [6, 6.07) is 0. The van der Waals surface area contributed by atoms with Gasteiger partial charge in [-0.3, -0.25) is 0 Å². The van der Waals surface area contributed by atoms with E-state index in [1.54, 1.807) is 6.20 Å². The van der Waals surface area contributed by atoms with Gasteiger partial charge in [0.25, 0.3) is 0 Å². The van der Waals surface area contributed by atoms with E-state index in [4.69, 9.17) is 11.5 Å². The second kappa shape index (κ2) is 1.83. The molecule has 0 aromatic carbocycles. The van der Waals surface area contributed by atoms with Gasteiger partial charge in [0, 0.05) is 0 Å². The van der Waals surface area contributed by atoms with Crippen LogP contribution in [0, 0.1) is 0 Å². The first-order valence-corrected chi connectivity index (χ1v) is 2.32. The smallest absolute Gasteiger partial charge is 0.121 e. The maximum Gasteiger partial charge on any atom is 0.121 e. The number of aromatic nitrogens is 2. The molecule has 0 unspecified atom stereocenters. The molecule has 0 aliphatic rings. The minimum Gasteiger partial charge on any atom is -0.384 e. The highest BCUT2D eigenvalue weighted by molar-refractivity contribution is 5.23. The number of anilines is 1. The first kappa shape index (κ1) is 5.11. The molecule has 0 atom stereocenters. The molecule has 1 heterocycles. The summed E-state index contributed by atoms with van der Waals surface area (Å²) in [4.78, 5) is 6.60. The molecule has 0 amide bonds. The molecule has 1 rings (SSSR count). The standard InChI is InChI=1S/C4H8N4/c5-1-4-7-2-3(6)8-4/h2H,1,5-6H2,(H,7,8). The van der Waals surface area contributed by atoms with Crippen molar-refractivity contribution < 1.29 is 0 Å². The van der Waals surface area contributed by atoms with Crippen LogP contribution in [-0.4, -0.2) is 9.97 Å². The lowest BCUT2D eigenvalue weighted by Crippen LogP contribution is -1.98. The Morgan fingerprint density at radius 3 is 2.75 bits per heavy atom. The number of nitrogen functional groups attached to an aromatic ring is 1. The summed E-state index contributed by atoms with van der Waals surface area (Å²) in [5, 5.41) is 0. The average molecular weight is 112 g/mol. The number of aromatic amines is 1. The van der Waals surface area contributed by atoms with Gasteiger partial charge < -0.3 is 16.5 Å². The number of H-pyrrole nitrogens is 1. The zero-order chi connectivity index (χ0) is 5.98. The maximum atomic E-state index is 5.28. The maximum absolute atomic E-state index is 5.28. The van der Waals surface area contributed by atoms with Crippen LogP contribution in [0.4, 0.5) is 5.82 Å². The van der Waals surface area contributed by atoms with Gasteiger partial charge in [-0.25, -0.2) is 4.98 Å². The van der Waals surface area contributed by atoms with E-state index < -0.39 is 0 Å². The fourth-order valence-corrected chi connectivity index (χ4v) is 0.482. The van der Waals surface area contributed by atoms with Crippen molar-refractivity contribution in [2.45, 2.75) is 6.54 Å². The molecule has 0 fully saturated rings. The van der Waals surface area contributed by atoms with Gasteiger partial charge in [0.05, 0.1) is 12.7 Å². The fourth-order valence-electron chi connectivity index (χ4n) is 0.482. The van der Waals surface area contributed by atoms with Crippen molar-refractivity contribution in [3.63, 3.8) is 0 Å². The number of nitrogens with zero attached hydrogens (tertiary/aromatic N) is 1. The van der Waals surface area contributed by atoms with Gasteiger partial charge in [-0.1, -0.05) is 0 Å². The Bertz CT molecular complexity index is 168. The van der Waals surface area contributed by atoms with Crippen LogP contribution >= 0.6 is 0 Å². The quantitative estimate of drug-likeness (QED) is 0.456. The molecule has 1 aromatic heterocycles. The van der Waals surface area contributed by atoms with Crippen molar-refractivity contribution in [1.82, 2.24) is 9.97 Å². The topological polar surface area (TPSA) is 80.7 Å². The second-order valence-corrected chi connectivity index (χ2v) is 1.49. The Morgan fingerprint density at radius 1 is 1.75 bits per heavy atom. The minimum absolute atomic E-state index is 0.414. The molecule has 8 heavy (non-hydrogen) atoms. The largest absolute Gasteiger partial charge is 0.384 e. The normalized spacial score (nSPS) is 9.62. The van der Waals surface area contributed by atoms with Crippen LogP contribution in [0.5, 0.6) is 0 Å². The molecule has 0 bridgehead atoms. The molecule has 0 spiro atoms. The molecule has 44 valence electrons. The molecule has 0 saturated heterocycles. The molecule has 4 nitrogen and oxygen atoms in total. The van der Waals surface area contributed by atoms with E-state index in [1.807, 2.05) is 0 Å². The zero-order valence-electron chi connectivity index (χ0n) is 4.39. The lowest BCUT2D eigenvalue weighted by molar-refractivity contribution is 0.951. The van der Waals surface area contributed by atoms with Crippen molar-refractivity contribution in [3.05, 3.63) is 12.0 Å². The number of hydrogen-bond donors (Lipinski definition) is 3. The predicted molar refractivity (Wildman–Crippen MR) is 30.9 cm³/mol. The van der Waals surface area contributed by atoms with Gasteiger partial charge in [0.2, 0.25) is 0 Å². The summed E-state index contributed by atoms with van der Waals surface area (Å²) in [5.41, 5.74) is 10.5. The Balaban J connectivity index is 2.84. The highest BCUT2D eigenvalue weighted by Gasteiger charge is 1.90. The van der Waals surface area contributed by atoms with Crippen molar-refractivity contribution in [2.24, 2.45) is 5.73 Å². The minimum atomic E-state index is 0.414. The average Bonchev–Trinajstić information content (AvgIpc) is 2.14. The second-order valence-electron chi connectivity index (χ2n) is 1.49. The fraction of sp³-hybridized carbons (Fsp3) is 0.250. The molecular formula is C4H8N4. The van der Waals surface area contributed by atoms with Crippen LogP contribution in [0.1, 0.15) is 5.82 Å². The lowest BCUT2D eigenvalue weighted by atomic mass is 10.6. The van der Waals surface area contributed by atoms with Gasteiger partial charge in [0.1, 0.15) is 11.6 Å². The monoisotopic (exact) mass is 112 g/mol. The van der Waals surface area contributed by atoms with Crippen LogP contribution in [-0.2, 0) is 6.54 Å². The lowest BCUT2D eigenvalue weighted by Gasteiger charge is -1.82. The van der Waals surface area contributed by atoms with E-state index in [0.29, 0.717) is 12.4 Å². The van der Waals surface area contributed by atoms with E-state index in [2.05, 4.69) is 9.97 Å². The highest BCUT2D eigenvalue weighted by Crippen LogP contribution is 1.94. The number of nitrogens with one attached hydrogen (secondary N) is 1. The van der Waals surface area contributed by atoms with Crippen LogP contribution in [0.25, 0.3) is 0 Å². The zero-order valence-corrected chi connectivity index (χ0v) is 4.39. The number of rotatable bonds is 1. The van der Waals surface area contributed by atoms with Crippen LogP contribution in [0.2, 0.25) is 0 Å². The van der Waals surface area contributed by atoms with Crippen LogP contribution in [0.15, 0.2) is 6.20 Å². The van der Waals surface area contributed by atoms with Crippen molar-refractivity contribution >= 4 is 5.82 Å². The highest BCUT2D eigenvalue weighted by atomic mass is 15.0. The third-order valence-corrected chi connectivity index (χ3v) is 0.841. The Labute approximate surface area is 46.9 Å². The van der Waals surface area contributed by atoms with Crippen molar-refractivity contribution in [3.8, 4) is 0 Å². The molecule has 5 N–H and O–H groups in total. The summed E-state index contributed by atoms with van der Waals surface area (Å²) in [6.45, 7) is 0.414. The first-order valence-electron chi connectivity index (χ1n) is 2.32. The van der Waals surface area contributed by atoms with E-state index in [-0.39, 0.29) is 0 Å². The summed E-state index contributed by atoms with van der Waals surface area (Å²) in [7, 11) is 0. The van der Waals surface area contributed by atoms with Gasteiger partial charge >= 0.3 is 0 Å². The number of imidazole rings is 1. The first-order chi connectivity index (χ1) is 3.83. The van der Waals surface area contributed by atoms with Crippen LogP contribution in [0.3, 0.4) is 0 Å². The molecular weight excluding hydrogens is 104 g/mol. The van der Waals surface area contributed by atoms with E-state index in [9.17, 15) is 0 Å². The summed E-state index contributed by atoms with van der Waals surface area (Å²) in [6.07, 6.45) is 1.54. The van der Waals surface area contributed by atoms with Crippen molar-refractivity contribution in [2.75, 3.05) is 5.73 Å². The number of hydrogen-bond acceptors (Lipinski definition) is 3. The molecule has 0 aliphatic carbocycles. The van der Waals surface area contributed by atoms with Gasteiger partial charge in [-0.2, -0.15) is 0 Å². The Morgan fingerprint density at radius 2 is 2.50 bits per heavy atom. The van der Waals surface area contributed by atoms with E-state index in [0.717, 1.165) is 5.82 Å². The molecule has 0 radical (unpaired) electrons. The summed E-state index contributed by atoms with van der Waals surface area (Å²) in [5.74, 6) is 1.29. The van der Waals surface area contributed by atoms with Crippen LogP contribution < -0.4 is 11.5 Å². The predicted octanol–water partition coefficient (Wildman–Crippen LogP) is -0.549. The molecule has 0 aliphatic heterocycles. The van der Waals surface area contributed by atoms with E-state index >= 15 is 0 Å². The molecule has 0 saturated carbocycles. The Hall–Kier alpha value is -1.03. The van der Waals surface area contributed by atoms with E-state index in [1.165, 1.54) is 0 Å². The number of nitrogens with two attached hydrogens (primary N) is 2. The molecule has 1 aromatic rings. The third-order valence-electron chi connectivity index (χ3n) is 0.841. The van der Waals surface area contributed by atoms with Gasteiger partial charge in [0.15, 0.2) is 0 Å².